The lowest BCUT2D eigenvalue weighted by Crippen LogP contribution is -2.28. The summed E-state index contributed by atoms with van der Waals surface area (Å²) in [6.45, 7) is 8.34. The maximum Gasteiger partial charge on any atom is 0.287 e. The second-order valence-corrected chi connectivity index (χ2v) is 6.78. The van der Waals surface area contributed by atoms with E-state index in [4.69, 9.17) is 16.0 Å². The van der Waals surface area contributed by atoms with E-state index >= 15 is 0 Å². The molecule has 0 aromatic carbocycles. The van der Waals surface area contributed by atoms with E-state index < -0.39 is 0 Å². The van der Waals surface area contributed by atoms with Gasteiger partial charge in [-0.25, -0.2) is 4.68 Å². The Morgan fingerprint density at radius 2 is 2.09 bits per heavy atom. The van der Waals surface area contributed by atoms with Crippen LogP contribution in [0, 0.1) is 5.41 Å². The zero-order valence-electron chi connectivity index (χ0n) is 13.6. The maximum absolute atomic E-state index is 11.9. The highest BCUT2D eigenvalue weighted by atomic mass is 35.5. The third kappa shape index (κ3) is 3.35. The number of rotatable bonds is 4. The molecule has 0 saturated carbocycles. The van der Waals surface area contributed by atoms with Crippen LogP contribution < -0.4 is 10.9 Å². The van der Waals surface area contributed by atoms with Gasteiger partial charge in [-0.15, -0.1) is 0 Å². The molecule has 2 aromatic heterocycles. The van der Waals surface area contributed by atoms with Crippen molar-refractivity contribution in [2.75, 3.05) is 5.32 Å². The molecule has 0 fully saturated rings. The summed E-state index contributed by atoms with van der Waals surface area (Å²) in [6.07, 6.45) is 2.40. The van der Waals surface area contributed by atoms with Crippen LogP contribution in [-0.4, -0.2) is 9.78 Å². The Morgan fingerprint density at radius 3 is 2.64 bits per heavy atom. The molecular formula is C16H22ClN3O2. The van der Waals surface area contributed by atoms with Crippen molar-refractivity contribution in [1.29, 1.82) is 0 Å². The molecule has 2 heterocycles. The minimum absolute atomic E-state index is 0.126. The Hall–Kier alpha value is -1.75. The molecule has 0 bridgehead atoms. The first-order chi connectivity index (χ1) is 10.2. The summed E-state index contributed by atoms with van der Waals surface area (Å²) in [4.78, 5) is 11.9. The second-order valence-electron chi connectivity index (χ2n) is 6.40. The highest BCUT2D eigenvalue weighted by Crippen LogP contribution is 2.37. The van der Waals surface area contributed by atoms with Crippen molar-refractivity contribution in [3.63, 3.8) is 0 Å². The quantitative estimate of drug-likeness (QED) is 0.930. The average molecular weight is 324 g/mol. The third-order valence-corrected chi connectivity index (χ3v) is 3.92. The topological polar surface area (TPSA) is 60.1 Å². The summed E-state index contributed by atoms with van der Waals surface area (Å²) in [6, 6.07) is 3.81. The Balaban J connectivity index is 2.40. The molecule has 2 rings (SSSR count). The Labute approximate surface area is 135 Å². The lowest BCUT2D eigenvalue weighted by molar-refractivity contribution is 0.298. The summed E-state index contributed by atoms with van der Waals surface area (Å²) in [5, 5.41) is 7.46. The van der Waals surface area contributed by atoms with E-state index in [2.05, 4.69) is 31.2 Å². The van der Waals surface area contributed by atoms with Crippen LogP contribution in [-0.2, 0) is 13.5 Å². The fourth-order valence-electron chi connectivity index (χ4n) is 2.22. The highest BCUT2D eigenvalue weighted by Gasteiger charge is 2.30. The van der Waals surface area contributed by atoms with Crippen LogP contribution in [0.15, 0.2) is 27.5 Å². The van der Waals surface area contributed by atoms with E-state index in [1.165, 1.54) is 4.68 Å². The molecule has 1 unspecified atom stereocenters. The molecule has 0 amide bonds. The monoisotopic (exact) mass is 323 g/mol. The van der Waals surface area contributed by atoms with Crippen LogP contribution in [0.1, 0.15) is 45.3 Å². The number of hydrogen-bond donors (Lipinski definition) is 1. The zero-order valence-corrected chi connectivity index (χ0v) is 14.4. The van der Waals surface area contributed by atoms with Gasteiger partial charge in [0.05, 0.1) is 17.9 Å². The molecule has 0 aliphatic rings. The predicted octanol–water partition coefficient (Wildman–Crippen LogP) is 3.79. The van der Waals surface area contributed by atoms with Crippen LogP contribution >= 0.6 is 11.6 Å². The number of halogens is 1. The average Bonchev–Trinajstić information content (AvgIpc) is 2.91. The van der Waals surface area contributed by atoms with Crippen molar-refractivity contribution in [2.45, 2.75) is 40.2 Å². The van der Waals surface area contributed by atoms with Gasteiger partial charge < -0.3 is 9.73 Å². The van der Waals surface area contributed by atoms with E-state index in [0.29, 0.717) is 5.69 Å². The number of aromatic nitrogens is 2. The van der Waals surface area contributed by atoms with Gasteiger partial charge in [0.25, 0.3) is 5.56 Å². The largest absolute Gasteiger partial charge is 0.464 e. The first-order valence-corrected chi connectivity index (χ1v) is 7.68. The van der Waals surface area contributed by atoms with Gasteiger partial charge in [-0.1, -0.05) is 39.3 Å². The summed E-state index contributed by atoms with van der Waals surface area (Å²) in [5.74, 6) is 1.75. The zero-order chi connectivity index (χ0) is 16.5. The number of nitrogens with zero attached hydrogens (tertiary/aromatic N) is 2. The first kappa shape index (κ1) is 16.6. The molecular weight excluding hydrogens is 302 g/mol. The highest BCUT2D eigenvalue weighted by molar-refractivity contribution is 6.32. The fraction of sp³-hybridized carbons (Fsp3) is 0.500. The molecule has 0 aliphatic carbocycles. The van der Waals surface area contributed by atoms with E-state index in [1.54, 1.807) is 13.2 Å². The van der Waals surface area contributed by atoms with Crippen LogP contribution in [0.2, 0.25) is 5.02 Å². The summed E-state index contributed by atoms with van der Waals surface area (Å²) >= 11 is 6.15. The molecule has 1 atom stereocenters. The molecule has 0 spiro atoms. The van der Waals surface area contributed by atoms with E-state index in [-0.39, 0.29) is 22.0 Å². The van der Waals surface area contributed by atoms with Crippen molar-refractivity contribution >= 4 is 17.3 Å². The van der Waals surface area contributed by atoms with E-state index in [1.807, 2.05) is 19.1 Å². The first-order valence-electron chi connectivity index (χ1n) is 7.31. The molecule has 22 heavy (non-hydrogen) atoms. The number of nitrogens with one attached hydrogen (secondary N) is 1. The molecule has 6 heteroatoms. The standard InChI is InChI=1S/C16H22ClN3O2/c1-6-10-7-8-12(22-10)14(16(2,3)4)19-11-9-18-20(5)15(21)13(11)17/h7-9,14,19H,6H2,1-5H3. The SMILES string of the molecule is CCc1ccc(C(Nc2cnn(C)c(=O)c2Cl)C(C)(C)C)o1. The van der Waals surface area contributed by atoms with Crippen LogP contribution in [0.5, 0.6) is 0 Å². The van der Waals surface area contributed by atoms with Gasteiger partial charge in [-0.3, -0.25) is 4.79 Å². The lowest BCUT2D eigenvalue weighted by atomic mass is 9.85. The summed E-state index contributed by atoms with van der Waals surface area (Å²) < 4.78 is 7.09. The minimum Gasteiger partial charge on any atom is -0.464 e. The minimum atomic E-state index is -0.326. The molecule has 0 saturated heterocycles. The third-order valence-electron chi connectivity index (χ3n) is 3.56. The van der Waals surface area contributed by atoms with Crippen molar-refractivity contribution in [3.05, 3.63) is 45.2 Å². The molecule has 5 nitrogen and oxygen atoms in total. The molecule has 2 aromatic rings. The van der Waals surface area contributed by atoms with E-state index in [0.717, 1.165) is 17.9 Å². The van der Waals surface area contributed by atoms with E-state index in [9.17, 15) is 4.79 Å². The lowest BCUT2D eigenvalue weighted by Gasteiger charge is -2.31. The van der Waals surface area contributed by atoms with Gasteiger partial charge in [0, 0.05) is 13.5 Å². The van der Waals surface area contributed by atoms with Crippen molar-refractivity contribution in [2.24, 2.45) is 12.5 Å². The normalized spacial score (nSPS) is 13.2. The Bertz CT molecular complexity index is 713. The fourth-order valence-corrected chi connectivity index (χ4v) is 2.45. The summed E-state index contributed by atoms with van der Waals surface area (Å²) in [7, 11) is 1.57. The predicted molar refractivity (Wildman–Crippen MR) is 88.4 cm³/mol. The number of anilines is 1. The smallest absolute Gasteiger partial charge is 0.287 e. The number of hydrogen-bond acceptors (Lipinski definition) is 4. The van der Waals surface area contributed by atoms with Crippen molar-refractivity contribution in [1.82, 2.24) is 9.78 Å². The summed E-state index contributed by atoms with van der Waals surface area (Å²) in [5.41, 5.74) is 0.0555. The van der Waals surface area contributed by atoms with Gasteiger partial charge in [-0.2, -0.15) is 5.10 Å². The van der Waals surface area contributed by atoms with Gasteiger partial charge in [0.1, 0.15) is 16.5 Å². The maximum atomic E-state index is 11.9. The van der Waals surface area contributed by atoms with Gasteiger partial charge >= 0.3 is 0 Å². The molecule has 0 radical (unpaired) electrons. The Morgan fingerprint density at radius 1 is 1.41 bits per heavy atom. The molecule has 1 N–H and O–H groups in total. The number of aryl methyl sites for hydroxylation is 2. The van der Waals surface area contributed by atoms with Gasteiger partial charge in [0.2, 0.25) is 0 Å². The van der Waals surface area contributed by atoms with Crippen molar-refractivity contribution in [3.8, 4) is 0 Å². The van der Waals surface area contributed by atoms with Crippen LogP contribution in [0.25, 0.3) is 0 Å². The second kappa shape index (κ2) is 6.16. The van der Waals surface area contributed by atoms with Crippen LogP contribution in [0.4, 0.5) is 5.69 Å². The number of furan rings is 1. The van der Waals surface area contributed by atoms with Crippen LogP contribution in [0.3, 0.4) is 0 Å². The Kier molecular flexibility index (Phi) is 4.66. The molecule has 120 valence electrons. The molecule has 0 aliphatic heterocycles. The van der Waals surface area contributed by atoms with Crippen molar-refractivity contribution < 1.29 is 4.42 Å². The van der Waals surface area contributed by atoms with Gasteiger partial charge in [0.15, 0.2) is 0 Å². The van der Waals surface area contributed by atoms with Gasteiger partial charge in [-0.05, 0) is 17.5 Å².